The van der Waals surface area contributed by atoms with Crippen LogP contribution in [0.1, 0.15) is 30.2 Å². The summed E-state index contributed by atoms with van der Waals surface area (Å²) in [6.07, 6.45) is 2.74. The summed E-state index contributed by atoms with van der Waals surface area (Å²) in [5.41, 5.74) is 1.06. The molecule has 1 aromatic carbocycles. The van der Waals surface area contributed by atoms with Gasteiger partial charge in [0.2, 0.25) is 0 Å². The molecule has 0 radical (unpaired) electrons. The Bertz CT molecular complexity index is 876. The lowest BCUT2D eigenvalue weighted by Crippen LogP contribution is -3.14. The molecule has 2 aliphatic heterocycles. The van der Waals surface area contributed by atoms with E-state index in [1.54, 1.807) is 11.3 Å². The number of piperidine rings is 1. The molecule has 1 aromatic heterocycles. The standard InChI is InChI=1S/C18H23N3O3S2/c22-17(19-14-7-9-26(23,24)12-14)11-21-8-3-4-13(10-21)18-20-15-5-1-2-6-16(15)25-18/h1-2,5-6,13-14H,3-4,7-12H2,(H,19,22)/p+1/t13-,14+/m0/s1. The first-order valence-corrected chi connectivity index (χ1v) is 11.8. The number of hydrogen-bond donors (Lipinski definition) is 2. The lowest BCUT2D eigenvalue weighted by atomic mass is 9.99. The Hall–Kier alpha value is -1.51. The zero-order valence-corrected chi connectivity index (χ0v) is 16.2. The highest BCUT2D eigenvalue weighted by molar-refractivity contribution is 7.91. The molecular weight excluding hydrogens is 370 g/mol. The van der Waals surface area contributed by atoms with Crippen molar-refractivity contribution in [1.29, 1.82) is 0 Å². The molecule has 140 valence electrons. The second-order valence-corrected chi connectivity index (χ2v) is 10.7. The van der Waals surface area contributed by atoms with Crippen molar-refractivity contribution in [2.75, 3.05) is 31.1 Å². The van der Waals surface area contributed by atoms with E-state index >= 15 is 0 Å². The smallest absolute Gasteiger partial charge is 0.275 e. The Morgan fingerprint density at radius 1 is 1.31 bits per heavy atom. The van der Waals surface area contributed by atoms with E-state index in [1.807, 2.05) is 18.2 Å². The van der Waals surface area contributed by atoms with Gasteiger partial charge in [-0.1, -0.05) is 12.1 Å². The monoisotopic (exact) mass is 394 g/mol. The van der Waals surface area contributed by atoms with E-state index in [1.165, 1.54) is 14.6 Å². The fraction of sp³-hybridized carbons (Fsp3) is 0.556. The predicted octanol–water partition coefficient (Wildman–Crippen LogP) is 0.362. The third-order valence-corrected chi connectivity index (χ3v) is 8.25. The van der Waals surface area contributed by atoms with Crippen LogP contribution in [0.25, 0.3) is 10.2 Å². The Kier molecular flexibility index (Phi) is 4.98. The van der Waals surface area contributed by atoms with Crippen molar-refractivity contribution in [3.8, 4) is 0 Å². The summed E-state index contributed by atoms with van der Waals surface area (Å²) >= 11 is 1.76. The van der Waals surface area contributed by atoms with Gasteiger partial charge in [-0.2, -0.15) is 0 Å². The summed E-state index contributed by atoms with van der Waals surface area (Å²) in [5, 5.41) is 4.08. The van der Waals surface area contributed by atoms with Crippen molar-refractivity contribution in [1.82, 2.24) is 10.3 Å². The van der Waals surface area contributed by atoms with Gasteiger partial charge < -0.3 is 10.2 Å². The third-order valence-electron chi connectivity index (χ3n) is 5.29. The van der Waals surface area contributed by atoms with Crippen LogP contribution in [0, 0.1) is 0 Å². The molecule has 6 nitrogen and oxygen atoms in total. The number of fused-ring (bicyclic) bond motifs is 1. The number of quaternary nitrogens is 1. The number of carbonyl (C=O) groups excluding carboxylic acids is 1. The van der Waals surface area contributed by atoms with Gasteiger partial charge in [-0.15, -0.1) is 11.3 Å². The average molecular weight is 395 g/mol. The Morgan fingerprint density at radius 3 is 2.92 bits per heavy atom. The van der Waals surface area contributed by atoms with Gasteiger partial charge in [0.05, 0.1) is 40.7 Å². The highest BCUT2D eigenvalue weighted by atomic mass is 32.2. The number of aromatic nitrogens is 1. The van der Waals surface area contributed by atoms with Crippen molar-refractivity contribution in [2.24, 2.45) is 0 Å². The van der Waals surface area contributed by atoms with Crippen LogP contribution in [0.4, 0.5) is 0 Å². The SMILES string of the molecule is O=C(C[NH+]1CCC[C@H](c2nc3ccccc3s2)C1)N[C@@H]1CCS(=O)(=O)C1. The van der Waals surface area contributed by atoms with Crippen LogP contribution in [-0.2, 0) is 14.6 Å². The zero-order chi connectivity index (χ0) is 18.1. The van der Waals surface area contributed by atoms with Gasteiger partial charge in [0.1, 0.15) is 5.01 Å². The maximum absolute atomic E-state index is 12.3. The Balaban J connectivity index is 1.35. The maximum atomic E-state index is 12.3. The number of thiazole rings is 1. The van der Waals surface area contributed by atoms with Gasteiger partial charge in [0.25, 0.3) is 5.91 Å². The summed E-state index contributed by atoms with van der Waals surface area (Å²) in [6.45, 7) is 2.31. The molecule has 0 spiro atoms. The van der Waals surface area contributed by atoms with Crippen LogP contribution < -0.4 is 10.2 Å². The highest BCUT2D eigenvalue weighted by Crippen LogP contribution is 2.30. The van der Waals surface area contributed by atoms with Crippen LogP contribution in [-0.4, -0.2) is 56.5 Å². The van der Waals surface area contributed by atoms with Crippen LogP contribution in [0.3, 0.4) is 0 Å². The van der Waals surface area contributed by atoms with Gasteiger partial charge in [0.15, 0.2) is 16.4 Å². The number of amides is 1. The third kappa shape index (κ3) is 4.07. The zero-order valence-electron chi connectivity index (χ0n) is 14.6. The molecule has 1 amide bonds. The van der Waals surface area contributed by atoms with Crippen LogP contribution in [0.5, 0.6) is 0 Å². The topological polar surface area (TPSA) is 80.6 Å². The number of hydrogen-bond acceptors (Lipinski definition) is 5. The molecule has 26 heavy (non-hydrogen) atoms. The van der Waals surface area contributed by atoms with Crippen molar-refractivity contribution in [3.63, 3.8) is 0 Å². The van der Waals surface area contributed by atoms with Crippen LogP contribution >= 0.6 is 11.3 Å². The lowest BCUT2D eigenvalue weighted by molar-refractivity contribution is -0.898. The number of nitrogens with zero attached hydrogens (tertiary/aromatic N) is 1. The number of benzene rings is 1. The van der Waals surface area contributed by atoms with Crippen molar-refractivity contribution >= 4 is 37.3 Å². The maximum Gasteiger partial charge on any atom is 0.275 e. The first kappa shape index (κ1) is 17.9. The normalized spacial score (nSPS) is 28.2. The fourth-order valence-electron chi connectivity index (χ4n) is 4.00. The average Bonchev–Trinajstić information content (AvgIpc) is 3.18. The van der Waals surface area contributed by atoms with E-state index in [0.29, 0.717) is 18.9 Å². The Morgan fingerprint density at radius 2 is 2.15 bits per heavy atom. The minimum absolute atomic E-state index is 0.0351. The molecule has 3 heterocycles. The lowest BCUT2D eigenvalue weighted by Gasteiger charge is -2.28. The summed E-state index contributed by atoms with van der Waals surface area (Å²) in [5.74, 6) is 0.638. The number of para-hydroxylation sites is 1. The number of nitrogens with one attached hydrogen (secondary N) is 2. The van der Waals surface area contributed by atoms with Gasteiger partial charge in [-0.3, -0.25) is 4.79 Å². The summed E-state index contributed by atoms with van der Waals surface area (Å²) in [6, 6.07) is 7.99. The number of rotatable bonds is 4. The first-order chi connectivity index (χ1) is 12.5. The van der Waals surface area contributed by atoms with E-state index in [-0.39, 0.29) is 23.5 Å². The summed E-state index contributed by atoms with van der Waals surface area (Å²) in [4.78, 5) is 18.4. The Labute approximate surface area is 157 Å². The molecule has 2 aromatic rings. The molecule has 2 fully saturated rings. The van der Waals surface area contributed by atoms with Gasteiger partial charge in [-0.25, -0.2) is 13.4 Å². The number of likely N-dealkylation sites (tertiary alicyclic amines) is 1. The molecule has 2 saturated heterocycles. The van der Waals surface area contributed by atoms with Gasteiger partial charge in [0, 0.05) is 6.04 Å². The molecule has 0 aliphatic carbocycles. The van der Waals surface area contributed by atoms with E-state index in [0.717, 1.165) is 31.4 Å². The fourth-order valence-corrected chi connectivity index (χ4v) is 6.78. The number of sulfone groups is 1. The minimum Gasteiger partial charge on any atom is -0.347 e. The largest absolute Gasteiger partial charge is 0.347 e. The van der Waals surface area contributed by atoms with E-state index in [9.17, 15) is 13.2 Å². The second kappa shape index (κ2) is 7.25. The van der Waals surface area contributed by atoms with Crippen molar-refractivity contribution in [2.45, 2.75) is 31.2 Å². The highest BCUT2D eigenvalue weighted by Gasteiger charge is 2.31. The number of carbonyl (C=O) groups is 1. The molecule has 8 heteroatoms. The van der Waals surface area contributed by atoms with Crippen LogP contribution in [0.15, 0.2) is 24.3 Å². The molecule has 2 aliphatic rings. The quantitative estimate of drug-likeness (QED) is 0.785. The molecule has 0 saturated carbocycles. The molecular formula is C18H24N3O3S2+. The van der Waals surface area contributed by atoms with Crippen molar-refractivity contribution < 1.29 is 18.1 Å². The van der Waals surface area contributed by atoms with Gasteiger partial charge in [-0.05, 0) is 31.4 Å². The molecule has 1 unspecified atom stereocenters. The molecule has 2 N–H and O–H groups in total. The minimum atomic E-state index is -2.96. The van der Waals surface area contributed by atoms with E-state index < -0.39 is 9.84 Å². The second-order valence-electron chi connectivity index (χ2n) is 7.41. The van der Waals surface area contributed by atoms with E-state index in [4.69, 9.17) is 4.98 Å². The first-order valence-electron chi connectivity index (χ1n) is 9.17. The molecule has 4 rings (SSSR count). The molecule has 0 bridgehead atoms. The predicted molar refractivity (Wildman–Crippen MR) is 102 cm³/mol. The summed E-state index contributed by atoms with van der Waals surface area (Å²) < 4.78 is 24.3. The summed E-state index contributed by atoms with van der Waals surface area (Å²) in [7, 11) is -2.96. The van der Waals surface area contributed by atoms with Crippen molar-refractivity contribution in [3.05, 3.63) is 29.3 Å². The molecule has 3 atom stereocenters. The van der Waals surface area contributed by atoms with E-state index in [2.05, 4.69) is 11.4 Å². The van der Waals surface area contributed by atoms with Gasteiger partial charge >= 0.3 is 0 Å². The van der Waals surface area contributed by atoms with Crippen LogP contribution in [0.2, 0.25) is 0 Å².